The smallest absolute Gasteiger partial charge is 0.133 e. The largest absolute Gasteiger partial charge is 0.381 e. The molecule has 0 unspecified atom stereocenters. The van der Waals surface area contributed by atoms with Crippen LogP contribution in [-0.4, -0.2) is 0 Å². The third-order valence-corrected chi connectivity index (χ3v) is 3.50. The Morgan fingerprint density at radius 3 is 2.41 bits per heavy atom. The van der Waals surface area contributed by atoms with Crippen LogP contribution in [0, 0.1) is 5.82 Å². The maximum atomic E-state index is 14.1. The summed E-state index contributed by atoms with van der Waals surface area (Å²) in [5, 5.41) is 3.19. The summed E-state index contributed by atoms with van der Waals surface area (Å²) in [6.07, 6.45) is 1.80. The van der Waals surface area contributed by atoms with Crippen molar-refractivity contribution in [2.24, 2.45) is 0 Å². The van der Waals surface area contributed by atoms with Crippen molar-refractivity contribution < 1.29 is 4.39 Å². The molecule has 0 saturated carbocycles. The third kappa shape index (κ3) is 3.53. The zero-order valence-corrected chi connectivity index (χ0v) is 12.8. The van der Waals surface area contributed by atoms with Gasteiger partial charge in [0.15, 0.2) is 0 Å². The third-order valence-electron chi connectivity index (χ3n) is 3.50. The molecule has 0 amide bonds. The van der Waals surface area contributed by atoms with E-state index in [1.54, 1.807) is 12.1 Å². The Hall–Kier alpha value is -2.61. The molecule has 0 aromatic heterocycles. The highest BCUT2D eigenvalue weighted by molar-refractivity contribution is 5.76. The number of benzene rings is 2. The minimum atomic E-state index is -0.292. The Labute approximate surface area is 131 Å². The maximum absolute atomic E-state index is 14.1. The first-order valence-electron chi connectivity index (χ1n) is 7.12. The van der Waals surface area contributed by atoms with Gasteiger partial charge in [0.2, 0.25) is 0 Å². The van der Waals surface area contributed by atoms with Crippen molar-refractivity contribution in [3.05, 3.63) is 90.3 Å². The molecule has 2 aromatic carbocycles. The Morgan fingerprint density at radius 1 is 1.14 bits per heavy atom. The molecule has 2 rings (SSSR count). The lowest BCUT2D eigenvalue weighted by atomic mass is 9.99. The van der Waals surface area contributed by atoms with Crippen LogP contribution in [0.25, 0.3) is 17.3 Å². The monoisotopic (exact) mass is 293 g/mol. The molecule has 2 aromatic rings. The summed E-state index contributed by atoms with van der Waals surface area (Å²) >= 11 is 0. The number of hydrogen-bond donors (Lipinski definition) is 1. The number of nitrogens with one attached hydrogen (secondary N) is 1. The summed E-state index contributed by atoms with van der Waals surface area (Å²) in [5.41, 5.74) is 4.80. The predicted molar refractivity (Wildman–Crippen MR) is 93.5 cm³/mol. The molecule has 1 nitrogen and oxygen atoms in total. The number of rotatable bonds is 6. The van der Waals surface area contributed by atoms with E-state index in [1.165, 1.54) is 6.07 Å². The molecule has 22 heavy (non-hydrogen) atoms. The molecule has 2 heteroatoms. The summed E-state index contributed by atoms with van der Waals surface area (Å²) in [5.74, 6) is -0.292. The van der Waals surface area contributed by atoms with Crippen molar-refractivity contribution in [2.75, 3.05) is 0 Å². The highest BCUT2D eigenvalue weighted by atomic mass is 19.1. The summed E-state index contributed by atoms with van der Waals surface area (Å²) in [6.45, 7) is 14.0. The Balaban J connectivity index is 2.15. The average Bonchev–Trinajstić information content (AvgIpc) is 2.52. The van der Waals surface area contributed by atoms with Crippen molar-refractivity contribution in [2.45, 2.75) is 13.5 Å². The Bertz CT molecular complexity index is 711. The van der Waals surface area contributed by atoms with Gasteiger partial charge in [-0.25, -0.2) is 4.39 Å². The first-order valence-corrected chi connectivity index (χ1v) is 7.12. The zero-order valence-electron chi connectivity index (χ0n) is 12.8. The second-order valence-electron chi connectivity index (χ2n) is 5.22. The van der Waals surface area contributed by atoms with Crippen molar-refractivity contribution in [1.29, 1.82) is 0 Å². The lowest BCUT2D eigenvalue weighted by molar-refractivity contribution is 0.621. The van der Waals surface area contributed by atoms with Crippen molar-refractivity contribution in [3.63, 3.8) is 0 Å². The lowest BCUT2D eigenvalue weighted by Gasteiger charge is -2.15. The van der Waals surface area contributed by atoms with Crippen LogP contribution in [0.1, 0.15) is 29.2 Å². The van der Waals surface area contributed by atoms with E-state index in [9.17, 15) is 4.39 Å². The van der Waals surface area contributed by atoms with Crippen molar-refractivity contribution in [3.8, 4) is 0 Å². The molecule has 0 aliphatic carbocycles. The van der Waals surface area contributed by atoms with Crippen LogP contribution in [-0.2, 0) is 6.54 Å². The van der Waals surface area contributed by atoms with Crippen LogP contribution in [0.4, 0.5) is 4.39 Å². The van der Waals surface area contributed by atoms with E-state index in [0.29, 0.717) is 17.8 Å². The van der Waals surface area contributed by atoms with Crippen LogP contribution in [0.15, 0.2) is 62.2 Å². The fraction of sp³-hybridized carbons (Fsp3) is 0.100. The van der Waals surface area contributed by atoms with E-state index < -0.39 is 0 Å². The molecule has 0 saturated heterocycles. The van der Waals surface area contributed by atoms with E-state index in [-0.39, 0.29) is 5.82 Å². The van der Waals surface area contributed by atoms with Gasteiger partial charge in [0.25, 0.3) is 0 Å². The number of hydrogen-bond acceptors (Lipinski definition) is 1. The van der Waals surface area contributed by atoms with Gasteiger partial charge >= 0.3 is 0 Å². The fourth-order valence-corrected chi connectivity index (χ4v) is 2.26. The molecule has 0 spiro atoms. The quantitative estimate of drug-likeness (QED) is 0.765. The molecule has 0 heterocycles. The highest BCUT2D eigenvalue weighted by Crippen LogP contribution is 2.25. The number of halogens is 1. The standard InChI is InChI=1S/C20H20FN/c1-5-16-9-11-17(12-10-16)13-22-15(4)20-18(14(2)3)7-6-8-19(20)21/h5-12,22H,1-2,4,13H2,3H3. The van der Waals surface area contributed by atoms with Gasteiger partial charge < -0.3 is 5.32 Å². The highest BCUT2D eigenvalue weighted by Gasteiger charge is 2.12. The Morgan fingerprint density at radius 2 is 1.82 bits per heavy atom. The molecule has 1 N–H and O–H groups in total. The molecule has 0 bridgehead atoms. The summed E-state index contributed by atoms with van der Waals surface area (Å²) < 4.78 is 14.1. The van der Waals surface area contributed by atoms with E-state index in [1.807, 2.05) is 37.3 Å². The molecule has 0 radical (unpaired) electrons. The molecule has 0 fully saturated rings. The lowest BCUT2D eigenvalue weighted by Crippen LogP contribution is -2.13. The second kappa shape index (κ2) is 6.90. The van der Waals surface area contributed by atoms with E-state index in [4.69, 9.17) is 0 Å². The van der Waals surface area contributed by atoms with Crippen LogP contribution in [0.3, 0.4) is 0 Å². The second-order valence-corrected chi connectivity index (χ2v) is 5.22. The van der Waals surface area contributed by atoms with Gasteiger partial charge in [-0.2, -0.15) is 0 Å². The van der Waals surface area contributed by atoms with Crippen LogP contribution in [0.2, 0.25) is 0 Å². The van der Waals surface area contributed by atoms with Gasteiger partial charge in [-0.15, -0.1) is 0 Å². The first kappa shape index (κ1) is 15.8. The molecule has 0 aliphatic heterocycles. The van der Waals surface area contributed by atoms with Crippen LogP contribution < -0.4 is 5.32 Å². The Kier molecular flexibility index (Phi) is 4.95. The molecular formula is C20H20FN. The summed E-state index contributed by atoms with van der Waals surface area (Å²) in [7, 11) is 0. The zero-order chi connectivity index (χ0) is 16.1. The van der Waals surface area contributed by atoms with Crippen LogP contribution in [0.5, 0.6) is 0 Å². The number of allylic oxidation sites excluding steroid dienone is 1. The van der Waals surface area contributed by atoms with E-state index >= 15 is 0 Å². The van der Waals surface area contributed by atoms with E-state index in [0.717, 1.165) is 22.3 Å². The van der Waals surface area contributed by atoms with Gasteiger partial charge in [-0.05, 0) is 29.7 Å². The van der Waals surface area contributed by atoms with Crippen LogP contribution >= 0.6 is 0 Å². The van der Waals surface area contributed by atoms with E-state index in [2.05, 4.69) is 25.1 Å². The molecule has 0 atom stereocenters. The molecule has 112 valence electrons. The molecular weight excluding hydrogens is 273 g/mol. The van der Waals surface area contributed by atoms with Crippen molar-refractivity contribution in [1.82, 2.24) is 5.32 Å². The normalized spacial score (nSPS) is 10.1. The van der Waals surface area contributed by atoms with Gasteiger partial charge in [-0.3, -0.25) is 0 Å². The minimum Gasteiger partial charge on any atom is -0.381 e. The van der Waals surface area contributed by atoms with Gasteiger partial charge in [0.05, 0.1) is 0 Å². The van der Waals surface area contributed by atoms with Crippen molar-refractivity contribution >= 4 is 17.3 Å². The van der Waals surface area contributed by atoms with Gasteiger partial charge in [0, 0.05) is 17.8 Å². The average molecular weight is 293 g/mol. The molecule has 0 aliphatic rings. The maximum Gasteiger partial charge on any atom is 0.133 e. The topological polar surface area (TPSA) is 12.0 Å². The summed E-state index contributed by atoms with van der Waals surface area (Å²) in [6, 6.07) is 13.0. The van der Waals surface area contributed by atoms with Gasteiger partial charge in [-0.1, -0.05) is 67.8 Å². The predicted octanol–water partition coefficient (Wildman–Crippen LogP) is 5.26. The van der Waals surface area contributed by atoms with Gasteiger partial charge in [0.1, 0.15) is 5.82 Å². The summed E-state index contributed by atoms with van der Waals surface area (Å²) in [4.78, 5) is 0. The fourth-order valence-electron chi connectivity index (χ4n) is 2.26. The minimum absolute atomic E-state index is 0.292. The SMILES string of the molecule is C=Cc1ccc(CNC(=C)c2c(F)cccc2C(=C)C)cc1. The first-order chi connectivity index (χ1) is 10.5.